The molecule has 0 aromatic carbocycles. The minimum atomic E-state index is -3.37. The van der Waals surface area contributed by atoms with Gasteiger partial charge in [0.2, 0.25) is 5.91 Å². The van der Waals surface area contributed by atoms with Crippen molar-refractivity contribution in [3.8, 4) is 0 Å². The Morgan fingerprint density at radius 2 is 1.52 bits per heavy atom. The van der Waals surface area contributed by atoms with Gasteiger partial charge in [0.1, 0.15) is 0 Å². The second kappa shape index (κ2) is 7.04. The van der Waals surface area contributed by atoms with E-state index in [1.807, 2.05) is 13.8 Å². The Labute approximate surface area is 127 Å². The van der Waals surface area contributed by atoms with Crippen molar-refractivity contribution in [2.75, 3.05) is 52.4 Å². The molecular formula is C13H26N4O3S. The fourth-order valence-electron chi connectivity index (χ4n) is 2.68. The lowest BCUT2D eigenvalue weighted by atomic mass is 10.1. The van der Waals surface area contributed by atoms with Crippen LogP contribution in [0.3, 0.4) is 0 Å². The molecular weight excluding hydrogens is 292 g/mol. The van der Waals surface area contributed by atoms with Gasteiger partial charge in [-0.1, -0.05) is 13.8 Å². The molecule has 0 aromatic heterocycles. The van der Waals surface area contributed by atoms with E-state index in [4.69, 9.17) is 0 Å². The predicted octanol–water partition coefficient (Wildman–Crippen LogP) is -0.673. The van der Waals surface area contributed by atoms with Crippen LogP contribution < -0.4 is 5.32 Å². The first-order valence-electron chi connectivity index (χ1n) is 7.65. The van der Waals surface area contributed by atoms with Gasteiger partial charge in [-0.05, 0) is 5.92 Å². The molecule has 0 aliphatic carbocycles. The highest BCUT2D eigenvalue weighted by Crippen LogP contribution is 2.14. The molecule has 1 N–H and O–H groups in total. The van der Waals surface area contributed by atoms with Gasteiger partial charge in [0.05, 0.1) is 0 Å². The number of carbonyl (C=O) groups is 1. The molecule has 2 aliphatic rings. The van der Waals surface area contributed by atoms with Crippen LogP contribution >= 0.6 is 0 Å². The van der Waals surface area contributed by atoms with E-state index in [-0.39, 0.29) is 5.91 Å². The third-order valence-electron chi connectivity index (χ3n) is 3.90. The highest BCUT2D eigenvalue weighted by molar-refractivity contribution is 7.86. The quantitative estimate of drug-likeness (QED) is 0.746. The molecule has 2 saturated heterocycles. The van der Waals surface area contributed by atoms with Crippen LogP contribution in [0.25, 0.3) is 0 Å². The van der Waals surface area contributed by atoms with E-state index in [1.54, 1.807) is 4.90 Å². The van der Waals surface area contributed by atoms with Crippen molar-refractivity contribution in [1.29, 1.82) is 0 Å². The molecule has 0 unspecified atom stereocenters. The summed E-state index contributed by atoms with van der Waals surface area (Å²) in [5, 5.41) is 3.15. The Morgan fingerprint density at radius 3 is 2.05 bits per heavy atom. The molecule has 2 rings (SSSR count). The Bertz CT molecular complexity index is 452. The lowest BCUT2D eigenvalue weighted by Crippen LogP contribution is -2.57. The zero-order valence-electron chi connectivity index (χ0n) is 12.9. The lowest BCUT2D eigenvalue weighted by molar-refractivity contribution is -0.133. The van der Waals surface area contributed by atoms with Gasteiger partial charge in [-0.15, -0.1) is 0 Å². The number of piperazine rings is 2. The van der Waals surface area contributed by atoms with Gasteiger partial charge in [0.15, 0.2) is 0 Å². The summed E-state index contributed by atoms with van der Waals surface area (Å²) in [4.78, 5) is 13.8. The Balaban J connectivity index is 1.89. The Hall–Kier alpha value is -0.700. The number of rotatable bonds is 4. The topological polar surface area (TPSA) is 73.0 Å². The molecule has 0 saturated carbocycles. The van der Waals surface area contributed by atoms with Crippen LogP contribution in [-0.4, -0.2) is 80.2 Å². The number of nitrogens with one attached hydrogen (secondary N) is 1. The summed E-state index contributed by atoms with van der Waals surface area (Å²) in [5.41, 5.74) is 0. The maximum atomic E-state index is 12.5. The van der Waals surface area contributed by atoms with E-state index in [9.17, 15) is 13.2 Å². The van der Waals surface area contributed by atoms with E-state index in [0.29, 0.717) is 64.7 Å². The SMILES string of the molecule is CC(C)CC(=O)N1CCN(S(=O)(=O)N2CCNCC2)CC1. The third-order valence-corrected chi connectivity index (χ3v) is 5.94. The molecule has 2 fully saturated rings. The van der Waals surface area contributed by atoms with Crippen molar-refractivity contribution < 1.29 is 13.2 Å². The molecule has 122 valence electrons. The average Bonchev–Trinajstić information content (AvgIpc) is 2.47. The summed E-state index contributed by atoms with van der Waals surface area (Å²) in [6.07, 6.45) is 0.532. The fraction of sp³-hybridized carbons (Fsp3) is 0.923. The predicted molar refractivity (Wildman–Crippen MR) is 81.0 cm³/mol. The van der Waals surface area contributed by atoms with Crippen LogP contribution in [0.1, 0.15) is 20.3 Å². The van der Waals surface area contributed by atoms with Crippen molar-refractivity contribution in [2.24, 2.45) is 5.92 Å². The van der Waals surface area contributed by atoms with Crippen LogP contribution in [0, 0.1) is 5.92 Å². The molecule has 0 aromatic rings. The monoisotopic (exact) mass is 318 g/mol. The Kier molecular flexibility index (Phi) is 5.59. The summed E-state index contributed by atoms with van der Waals surface area (Å²) in [7, 11) is -3.37. The molecule has 0 spiro atoms. The number of hydrogen-bond donors (Lipinski definition) is 1. The minimum absolute atomic E-state index is 0.129. The summed E-state index contributed by atoms with van der Waals surface area (Å²) in [5.74, 6) is 0.462. The molecule has 0 radical (unpaired) electrons. The second-order valence-electron chi connectivity index (χ2n) is 6.03. The van der Waals surface area contributed by atoms with Gasteiger partial charge < -0.3 is 10.2 Å². The molecule has 7 nitrogen and oxygen atoms in total. The molecule has 21 heavy (non-hydrogen) atoms. The van der Waals surface area contributed by atoms with Crippen LogP contribution in [0.15, 0.2) is 0 Å². The van der Waals surface area contributed by atoms with E-state index in [1.165, 1.54) is 8.61 Å². The maximum Gasteiger partial charge on any atom is 0.282 e. The van der Waals surface area contributed by atoms with Crippen LogP contribution in [0.4, 0.5) is 0 Å². The molecule has 8 heteroatoms. The first-order chi connectivity index (χ1) is 9.91. The maximum absolute atomic E-state index is 12.5. The smallest absolute Gasteiger partial charge is 0.282 e. The van der Waals surface area contributed by atoms with Crippen molar-refractivity contribution in [3.63, 3.8) is 0 Å². The second-order valence-corrected chi connectivity index (χ2v) is 7.96. The highest BCUT2D eigenvalue weighted by atomic mass is 32.2. The number of hydrogen-bond acceptors (Lipinski definition) is 4. The lowest BCUT2D eigenvalue weighted by Gasteiger charge is -2.38. The Morgan fingerprint density at radius 1 is 1.00 bits per heavy atom. The van der Waals surface area contributed by atoms with Crippen molar-refractivity contribution >= 4 is 16.1 Å². The largest absolute Gasteiger partial charge is 0.340 e. The number of carbonyl (C=O) groups excluding carboxylic acids is 1. The van der Waals surface area contributed by atoms with E-state index in [2.05, 4.69) is 5.32 Å². The fourth-order valence-corrected chi connectivity index (χ4v) is 4.28. The molecule has 1 amide bonds. The standard InChI is InChI=1S/C13H26N4O3S/c1-12(2)11-13(18)15-7-9-17(10-8-15)21(19,20)16-5-3-14-4-6-16/h12,14H,3-11H2,1-2H3. The molecule has 0 atom stereocenters. The number of nitrogens with zero attached hydrogens (tertiary/aromatic N) is 3. The zero-order chi connectivity index (χ0) is 15.5. The van der Waals surface area contributed by atoms with Crippen molar-refractivity contribution in [3.05, 3.63) is 0 Å². The number of amides is 1. The van der Waals surface area contributed by atoms with E-state index in [0.717, 1.165) is 0 Å². The van der Waals surface area contributed by atoms with E-state index >= 15 is 0 Å². The highest BCUT2D eigenvalue weighted by Gasteiger charge is 2.33. The van der Waals surface area contributed by atoms with Crippen molar-refractivity contribution in [1.82, 2.24) is 18.8 Å². The summed E-state index contributed by atoms with van der Waals surface area (Å²) < 4.78 is 28.1. The molecule has 2 aliphatic heterocycles. The van der Waals surface area contributed by atoms with Gasteiger partial charge >= 0.3 is 0 Å². The third kappa shape index (κ3) is 4.15. The van der Waals surface area contributed by atoms with E-state index < -0.39 is 10.2 Å². The first-order valence-corrected chi connectivity index (χ1v) is 9.04. The van der Waals surface area contributed by atoms with Gasteiger partial charge in [0, 0.05) is 58.8 Å². The normalized spacial score (nSPS) is 22.7. The van der Waals surface area contributed by atoms with Gasteiger partial charge in [-0.3, -0.25) is 4.79 Å². The van der Waals surface area contributed by atoms with Gasteiger partial charge in [-0.2, -0.15) is 17.0 Å². The van der Waals surface area contributed by atoms with Crippen molar-refractivity contribution in [2.45, 2.75) is 20.3 Å². The first kappa shape index (κ1) is 16.7. The van der Waals surface area contributed by atoms with Gasteiger partial charge in [-0.25, -0.2) is 0 Å². The van der Waals surface area contributed by atoms with Crippen LogP contribution in [0.2, 0.25) is 0 Å². The summed E-state index contributed by atoms with van der Waals surface area (Å²) in [6, 6.07) is 0. The summed E-state index contributed by atoms with van der Waals surface area (Å²) in [6.45, 7) is 8.27. The molecule has 2 heterocycles. The summed E-state index contributed by atoms with van der Waals surface area (Å²) >= 11 is 0. The minimum Gasteiger partial charge on any atom is -0.340 e. The van der Waals surface area contributed by atoms with Gasteiger partial charge in [0.25, 0.3) is 10.2 Å². The van der Waals surface area contributed by atoms with Crippen LogP contribution in [-0.2, 0) is 15.0 Å². The average molecular weight is 318 g/mol. The molecule has 0 bridgehead atoms. The van der Waals surface area contributed by atoms with Crippen LogP contribution in [0.5, 0.6) is 0 Å². The zero-order valence-corrected chi connectivity index (χ0v) is 13.7.